The van der Waals surface area contributed by atoms with Crippen molar-refractivity contribution in [1.29, 1.82) is 0 Å². The van der Waals surface area contributed by atoms with Crippen LogP contribution in [0.15, 0.2) is 52.9 Å². The molecule has 0 bridgehead atoms. The molecule has 0 fully saturated rings. The normalized spacial score (nSPS) is 10.9. The van der Waals surface area contributed by atoms with Crippen LogP contribution in [0.1, 0.15) is 26.2 Å². The standard InChI is InChI=1S/C19H21N3O2S/c1-2-3-11-22(15-7-5-4-6-8-15)17(23)9-12-21-14-20-18-16(19(21)24)10-13-25-18/h4-8,10,13-14H,2-3,9,11-12H2,1H3. The van der Waals surface area contributed by atoms with E-state index in [1.54, 1.807) is 6.07 Å². The van der Waals surface area contributed by atoms with Gasteiger partial charge in [0.15, 0.2) is 0 Å². The lowest BCUT2D eigenvalue weighted by Crippen LogP contribution is -2.33. The maximum atomic E-state index is 12.7. The van der Waals surface area contributed by atoms with Crippen molar-refractivity contribution in [3.05, 3.63) is 58.5 Å². The number of anilines is 1. The van der Waals surface area contributed by atoms with Crippen LogP contribution in [0, 0.1) is 0 Å². The molecule has 0 unspecified atom stereocenters. The van der Waals surface area contributed by atoms with E-state index in [2.05, 4.69) is 11.9 Å². The van der Waals surface area contributed by atoms with Crippen LogP contribution in [0.2, 0.25) is 0 Å². The van der Waals surface area contributed by atoms with Crippen molar-refractivity contribution in [3.63, 3.8) is 0 Å². The number of thiophene rings is 1. The molecule has 3 aromatic rings. The lowest BCUT2D eigenvalue weighted by atomic mass is 10.2. The molecule has 3 rings (SSSR count). The number of fused-ring (bicyclic) bond motifs is 1. The molecule has 0 aliphatic rings. The first-order valence-corrected chi connectivity index (χ1v) is 9.36. The van der Waals surface area contributed by atoms with E-state index in [0.29, 0.717) is 18.5 Å². The first-order chi connectivity index (χ1) is 12.2. The van der Waals surface area contributed by atoms with Crippen molar-refractivity contribution >= 4 is 33.1 Å². The van der Waals surface area contributed by atoms with E-state index in [9.17, 15) is 9.59 Å². The van der Waals surface area contributed by atoms with E-state index >= 15 is 0 Å². The molecule has 0 spiro atoms. The molecule has 1 aromatic carbocycles. The van der Waals surface area contributed by atoms with Crippen molar-refractivity contribution in [1.82, 2.24) is 9.55 Å². The molecule has 5 nitrogen and oxygen atoms in total. The van der Waals surface area contributed by atoms with Crippen LogP contribution in [0.25, 0.3) is 10.2 Å². The van der Waals surface area contributed by atoms with Crippen LogP contribution in [0.5, 0.6) is 0 Å². The van der Waals surface area contributed by atoms with Gasteiger partial charge in [-0.2, -0.15) is 0 Å². The fourth-order valence-corrected chi connectivity index (χ4v) is 3.45. The summed E-state index contributed by atoms with van der Waals surface area (Å²) >= 11 is 1.45. The average molecular weight is 355 g/mol. The van der Waals surface area contributed by atoms with Crippen LogP contribution in [0.3, 0.4) is 0 Å². The van der Waals surface area contributed by atoms with Crippen LogP contribution in [0.4, 0.5) is 5.69 Å². The zero-order chi connectivity index (χ0) is 17.6. The van der Waals surface area contributed by atoms with Crippen molar-refractivity contribution in [2.75, 3.05) is 11.4 Å². The van der Waals surface area contributed by atoms with E-state index in [1.807, 2.05) is 40.6 Å². The van der Waals surface area contributed by atoms with E-state index in [4.69, 9.17) is 0 Å². The van der Waals surface area contributed by atoms with Crippen LogP contribution in [-0.2, 0) is 11.3 Å². The number of aryl methyl sites for hydroxylation is 1. The van der Waals surface area contributed by atoms with Gasteiger partial charge in [-0.15, -0.1) is 11.3 Å². The van der Waals surface area contributed by atoms with Crippen molar-refractivity contribution in [2.24, 2.45) is 0 Å². The van der Waals surface area contributed by atoms with E-state index in [1.165, 1.54) is 22.2 Å². The maximum Gasteiger partial charge on any atom is 0.262 e. The smallest absolute Gasteiger partial charge is 0.262 e. The second-order valence-electron chi connectivity index (χ2n) is 5.87. The Morgan fingerprint density at radius 2 is 2.04 bits per heavy atom. The van der Waals surface area contributed by atoms with Crippen LogP contribution >= 0.6 is 11.3 Å². The van der Waals surface area contributed by atoms with Gasteiger partial charge in [0, 0.05) is 25.2 Å². The number of para-hydroxylation sites is 1. The summed E-state index contributed by atoms with van der Waals surface area (Å²) in [5.41, 5.74) is 0.818. The Morgan fingerprint density at radius 3 is 2.80 bits per heavy atom. The fourth-order valence-electron chi connectivity index (χ4n) is 2.73. The maximum absolute atomic E-state index is 12.7. The van der Waals surface area contributed by atoms with E-state index < -0.39 is 0 Å². The predicted molar refractivity (Wildman–Crippen MR) is 102 cm³/mol. The van der Waals surface area contributed by atoms with Gasteiger partial charge in [0.1, 0.15) is 4.83 Å². The Hall–Kier alpha value is -2.47. The van der Waals surface area contributed by atoms with Gasteiger partial charge in [-0.25, -0.2) is 4.98 Å². The summed E-state index contributed by atoms with van der Waals surface area (Å²) in [6.45, 7) is 3.14. The third-order valence-corrected chi connectivity index (χ3v) is 4.94. The number of rotatable bonds is 7. The molecule has 0 saturated carbocycles. The number of hydrogen-bond donors (Lipinski definition) is 0. The number of nitrogens with zero attached hydrogens (tertiary/aromatic N) is 3. The molecule has 130 valence electrons. The number of carbonyl (C=O) groups is 1. The van der Waals surface area contributed by atoms with Gasteiger partial charge < -0.3 is 4.90 Å². The minimum Gasteiger partial charge on any atom is -0.312 e. The SMILES string of the molecule is CCCCN(C(=O)CCn1cnc2sccc2c1=O)c1ccccc1. The monoisotopic (exact) mass is 355 g/mol. The third-order valence-electron chi connectivity index (χ3n) is 4.12. The van der Waals surface area contributed by atoms with Crippen molar-refractivity contribution < 1.29 is 4.79 Å². The second kappa shape index (κ2) is 8.07. The molecule has 0 aliphatic heterocycles. The average Bonchev–Trinajstić information content (AvgIpc) is 3.12. The molecular weight excluding hydrogens is 334 g/mol. The van der Waals surface area contributed by atoms with Crippen molar-refractivity contribution in [2.45, 2.75) is 32.7 Å². The molecule has 6 heteroatoms. The molecule has 25 heavy (non-hydrogen) atoms. The van der Waals surface area contributed by atoms with Crippen molar-refractivity contribution in [3.8, 4) is 0 Å². The Bertz CT molecular complexity index is 902. The van der Waals surface area contributed by atoms with E-state index in [0.717, 1.165) is 23.4 Å². The van der Waals surface area contributed by atoms with Gasteiger partial charge in [0.2, 0.25) is 5.91 Å². The Labute approximate surface area is 150 Å². The molecule has 0 N–H and O–H groups in total. The third kappa shape index (κ3) is 3.96. The number of amides is 1. The van der Waals surface area contributed by atoms with Gasteiger partial charge >= 0.3 is 0 Å². The molecule has 2 heterocycles. The minimum atomic E-state index is -0.0844. The van der Waals surface area contributed by atoms with Gasteiger partial charge in [0.25, 0.3) is 5.56 Å². The first-order valence-electron chi connectivity index (χ1n) is 8.48. The fraction of sp³-hybridized carbons (Fsp3) is 0.316. The molecule has 0 radical (unpaired) electrons. The number of hydrogen-bond acceptors (Lipinski definition) is 4. The molecule has 2 aromatic heterocycles. The van der Waals surface area contributed by atoms with Gasteiger partial charge in [-0.1, -0.05) is 31.5 Å². The zero-order valence-corrected chi connectivity index (χ0v) is 15.0. The highest BCUT2D eigenvalue weighted by atomic mass is 32.1. The largest absolute Gasteiger partial charge is 0.312 e. The second-order valence-corrected chi connectivity index (χ2v) is 6.76. The Morgan fingerprint density at radius 1 is 1.24 bits per heavy atom. The highest BCUT2D eigenvalue weighted by Gasteiger charge is 2.15. The summed E-state index contributed by atoms with van der Waals surface area (Å²) < 4.78 is 1.52. The minimum absolute atomic E-state index is 0.0250. The summed E-state index contributed by atoms with van der Waals surface area (Å²) in [5, 5.41) is 2.47. The number of carbonyl (C=O) groups excluding carboxylic acids is 1. The molecular formula is C19H21N3O2S. The lowest BCUT2D eigenvalue weighted by Gasteiger charge is -2.23. The van der Waals surface area contributed by atoms with E-state index in [-0.39, 0.29) is 17.9 Å². The van der Waals surface area contributed by atoms with Crippen LogP contribution in [-0.4, -0.2) is 22.0 Å². The number of unbranched alkanes of at least 4 members (excludes halogenated alkanes) is 1. The quantitative estimate of drug-likeness (QED) is 0.650. The summed E-state index contributed by atoms with van der Waals surface area (Å²) in [4.78, 5) is 32.0. The number of aromatic nitrogens is 2. The highest BCUT2D eigenvalue weighted by Crippen LogP contribution is 2.16. The van der Waals surface area contributed by atoms with Gasteiger partial charge in [-0.05, 0) is 30.0 Å². The highest BCUT2D eigenvalue weighted by molar-refractivity contribution is 7.16. The molecule has 0 aliphatic carbocycles. The topological polar surface area (TPSA) is 55.2 Å². The van der Waals surface area contributed by atoms with Gasteiger partial charge in [0.05, 0.1) is 11.7 Å². The van der Waals surface area contributed by atoms with Crippen LogP contribution < -0.4 is 10.5 Å². The summed E-state index contributed by atoms with van der Waals surface area (Å²) in [5.74, 6) is 0.0250. The lowest BCUT2D eigenvalue weighted by molar-refractivity contribution is -0.118. The first kappa shape index (κ1) is 17.4. The molecule has 0 atom stereocenters. The molecule has 1 amide bonds. The summed E-state index contributed by atoms with van der Waals surface area (Å²) in [7, 11) is 0. The Balaban J connectivity index is 1.74. The Kier molecular flexibility index (Phi) is 5.60. The summed E-state index contributed by atoms with van der Waals surface area (Å²) in [6, 6.07) is 11.5. The molecule has 0 saturated heterocycles. The van der Waals surface area contributed by atoms with Gasteiger partial charge in [-0.3, -0.25) is 14.2 Å². The predicted octanol–water partition coefficient (Wildman–Crippen LogP) is 3.68. The zero-order valence-electron chi connectivity index (χ0n) is 14.2. The summed E-state index contributed by atoms with van der Waals surface area (Å²) in [6.07, 6.45) is 3.78. The number of benzene rings is 1.